The molecule has 31 heavy (non-hydrogen) atoms. The van der Waals surface area contributed by atoms with Crippen LogP contribution in [0.3, 0.4) is 0 Å². The highest BCUT2D eigenvalue weighted by Crippen LogP contribution is 2.30. The van der Waals surface area contributed by atoms with Crippen LogP contribution in [0, 0.1) is 0 Å². The summed E-state index contributed by atoms with van der Waals surface area (Å²) in [4.78, 5) is 16.8. The number of ether oxygens (including phenoxy) is 2. The summed E-state index contributed by atoms with van der Waals surface area (Å²) in [5, 5.41) is 7.39. The second kappa shape index (κ2) is 9.32. The molecule has 0 spiro atoms. The minimum Gasteiger partial charge on any atom is -0.495 e. The van der Waals surface area contributed by atoms with E-state index in [0.29, 0.717) is 45.1 Å². The largest absolute Gasteiger partial charge is 0.495 e. The number of amides is 1. The van der Waals surface area contributed by atoms with Crippen molar-refractivity contribution >= 4 is 23.2 Å². The van der Waals surface area contributed by atoms with Gasteiger partial charge in [0.2, 0.25) is 5.82 Å². The average molecular weight is 436 g/mol. The molecule has 1 N–H and O–H groups in total. The van der Waals surface area contributed by atoms with Crippen LogP contribution >= 0.6 is 11.6 Å². The third kappa shape index (κ3) is 4.84. The number of halogens is 1. The molecule has 3 aromatic carbocycles. The average Bonchev–Trinajstić information content (AvgIpc) is 3.28. The first-order chi connectivity index (χ1) is 15.1. The van der Waals surface area contributed by atoms with Gasteiger partial charge in [0.15, 0.2) is 6.61 Å². The zero-order valence-electron chi connectivity index (χ0n) is 16.5. The van der Waals surface area contributed by atoms with E-state index in [1.807, 2.05) is 24.3 Å². The number of hydrogen-bond donors (Lipinski definition) is 1. The van der Waals surface area contributed by atoms with Crippen LogP contribution in [-0.2, 0) is 4.79 Å². The number of benzene rings is 3. The Bertz CT molecular complexity index is 1210. The van der Waals surface area contributed by atoms with Gasteiger partial charge < -0.3 is 19.3 Å². The smallest absolute Gasteiger partial charge is 0.262 e. The molecule has 0 saturated heterocycles. The molecule has 4 aromatic rings. The Morgan fingerprint density at radius 1 is 1.03 bits per heavy atom. The molecule has 4 rings (SSSR count). The van der Waals surface area contributed by atoms with Crippen molar-refractivity contribution in [2.24, 2.45) is 0 Å². The summed E-state index contributed by atoms with van der Waals surface area (Å²) < 4.78 is 16.4. The van der Waals surface area contributed by atoms with E-state index in [4.69, 9.17) is 25.6 Å². The molecule has 0 aliphatic heterocycles. The molecule has 8 heteroatoms. The Kier molecular flexibility index (Phi) is 6.14. The second-order valence-corrected chi connectivity index (χ2v) is 6.90. The van der Waals surface area contributed by atoms with E-state index in [1.165, 1.54) is 0 Å². The molecule has 1 aromatic heterocycles. The Labute approximate surface area is 183 Å². The molecule has 0 atom stereocenters. The Balaban J connectivity index is 1.49. The summed E-state index contributed by atoms with van der Waals surface area (Å²) in [5.74, 6) is 1.37. The number of methoxy groups -OCH3 is 1. The minimum absolute atomic E-state index is 0.200. The van der Waals surface area contributed by atoms with Crippen molar-refractivity contribution in [3.05, 3.63) is 77.8 Å². The van der Waals surface area contributed by atoms with E-state index in [2.05, 4.69) is 15.5 Å². The topological polar surface area (TPSA) is 86.5 Å². The maximum Gasteiger partial charge on any atom is 0.262 e. The molecule has 0 aliphatic rings. The van der Waals surface area contributed by atoms with Gasteiger partial charge in [0, 0.05) is 10.6 Å². The molecule has 0 radical (unpaired) electrons. The lowest BCUT2D eigenvalue weighted by Gasteiger charge is -2.11. The van der Waals surface area contributed by atoms with E-state index in [9.17, 15) is 4.79 Å². The van der Waals surface area contributed by atoms with Gasteiger partial charge in [-0.05, 0) is 42.5 Å². The highest BCUT2D eigenvalue weighted by molar-refractivity contribution is 6.30. The van der Waals surface area contributed by atoms with Crippen LogP contribution in [0.1, 0.15) is 0 Å². The fraction of sp³-hybridized carbons (Fsp3) is 0.0870. The summed E-state index contributed by atoms with van der Waals surface area (Å²) in [6, 6.07) is 21.4. The number of nitrogens with one attached hydrogen (secondary N) is 1. The summed E-state index contributed by atoms with van der Waals surface area (Å²) in [7, 11) is 1.54. The lowest BCUT2D eigenvalue weighted by molar-refractivity contribution is -0.118. The highest BCUT2D eigenvalue weighted by atomic mass is 35.5. The summed E-state index contributed by atoms with van der Waals surface area (Å²) in [5.41, 5.74) is 1.88. The number of aromatic nitrogens is 2. The van der Waals surface area contributed by atoms with Crippen molar-refractivity contribution in [3.8, 4) is 34.3 Å². The normalized spacial score (nSPS) is 10.5. The molecule has 7 nitrogen and oxygen atoms in total. The van der Waals surface area contributed by atoms with Crippen LogP contribution in [0.5, 0.6) is 11.5 Å². The predicted molar refractivity (Wildman–Crippen MR) is 117 cm³/mol. The van der Waals surface area contributed by atoms with Crippen molar-refractivity contribution in [2.45, 2.75) is 0 Å². The SMILES string of the molecule is COc1ccccc1NC(=O)COc1ccccc1-c1noc(-c2cccc(Cl)c2)n1. The molecular weight excluding hydrogens is 418 g/mol. The van der Waals surface area contributed by atoms with Gasteiger partial charge in [-0.1, -0.05) is 47.1 Å². The van der Waals surface area contributed by atoms with Crippen LogP contribution in [0.4, 0.5) is 5.69 Å². The summed E-state index contributed by atoms with van der Waals surface area (Å²) >= 11 is 6.04. The number of hydrogen-bond acceptors (Lipinski definition) is 6. The fourth-order valence-corrected chi connectivity index (χ4v) is 3.12. The molecule has 156 valence electrons. The number of carbonyl (C=O) groups excluding carboxylic acids is 1. The third-order valence-electron chi connectivity index (χ3n) is 4.37. The van der Waals surface area contributed by atoms with Crippen LogP contribution in [0.15, 0.2) is 77.3 Å². The molecule has 0 unspecified atom stereocenters. The van der Waals surface area contributed by atoms with E-state index in [0.717, 1.165) is 0 Å². The molecule has 0 fully saturated rings. The number of nitrogens with zero attached hydrogens (tertiary/aromatic N) is 2. The number of para-hydroxylation sites is 3. The summed E-state index contributed by atoms with van der Waals surface area (Å²) in [6.07, 6.45) is 0. The van der Waals surface area contributed by atoms with Crippen LogP contribution in [0.25, 0.3) is 22.8 Å². The number of anilines is 1. The van der Waals surface area contributed by atoms with Crippen molar-refractivity contribution < 1.29 is 18.8 Å². The van der Waals surface area contributed by atoms with Crippen LogP contribution < -0.4 is 14.8 Å². The first kappa shape index (κ1) is 20.4. The van der Waals surface area contributed by atoms with Crippen molar-refractivity contribution in [1.82, 2.24) is 10.1 Å². The lowest BCUT2D eigenvalue weighted by Crippen LogP contribution is -2.20. The first-order valence-electron chi connectivity index (χ1n) is 9.39. The number of carbonyl (C=O) groups is 1. The van der Waals surface area contributed by atoms with Gasteiger partial charge in [-0.25, -0.2) is 0 Å². The van der Waals surface area contributed by atoms with Gasteiger partial charge in [0.05, 0.1) is 18.4 Å². The predicted octanol–water partition coefficient (Wildman–Crippen LogP) is 5.08. The van der Waals surface area contributed by atoms with E-state index in [-0.39, 0.29) is 12.5 Å². The van der Waals surface area contributed by atoms with E-state index >= 15 is 0 Å². The van der Waals surface area contributed by atoms with Gasteiger partial charge in [0.1, 0.15) is 11.5 Å². The number of rotatable bonds is 7. The lowest BCUT2D eigenvalue weighted by atomic mass is 10.2. The standard InChI is InChI=1S/C23H18ClN3O4/c1-29-20-12-5-3-10-18(20)25-21(28)14-30-19-11-4-2-9-17(19)22-26-23(31-27-22)15-7-6-8-16(24)13-15/h2-13H,14H2,1H3,(H,25,28). The Hall–Kier alpha value is -3.84. The van der Waals surface area contributed by atoms with E-state index < -0.39 is 0 Å². The van der Waals surface area contributed by atoms with Gasteiger partial charge in [-0.15, -0.1) is 0 Å². The minimum atomic E-state index is -0.327. The molecule has 0 bridgehead atoms. The highest BCUT2D eigenvalue weighted by Gasteiger charge is 2.16. The molecule has 1 amide bonds. The first-order valence-corrected chi connectivity index (χ1v) is 9.76. The maximum atomic E-state index is 12.4. The van der Waals surface area contributed by atoms with Gasteiger partial charge in [-0.3, -0.25) is 4.79 Å². The molecule has 0 saturated carbocycles. The Morgan fingerprint density at radius 2 is 1.81 bits per heavy atom. The third-order valence-corrected chi connectivity index (χ3v) is 4.60. The Morgan fingerprint density at radius 3 is 2.61 bits per heavy atom. The molecule has 0 aliphatic carbocycles. The quantitative estimate of drug-likeness (QED) is 0.435. The van der Waals surface area contributed by atoms with E-state index in [1.54, 1.807) is 55.6 Å². The zero-order valence-corrected chi connectivity index (χ0v) is 17.3. The maximum absolute atomic E-state index is 12.4. The molecule has 1 heterocycles. The van der Waals surface area contributed by atoms with Crippen molar-refractivity contribution in [3.63, 3.8) is 0 Å². The molecular formula is C23H18ClN3O4. The van der Waals surface area contributed by atoms with Gasteiger partial charge in [0.25, 0.3) is 11.8 Å². The van der Waals surface area contributed by atoms with Gasteiger partial charge in [-0.2, -0.15) is 4.98 Å². The second-order valence-electron chi connectivity index (χ2n) is 6.47. The van der Waals surface area contributed by atoms with Crippen LogP contribution in [0.2, 0.25) is 5.02 Å². The van der Waals surface area contributed by atoms with Crippen molar-refractivity contribution in [2.75, 3.05) is 19.0 Å². The summed E-state index contributed by atoms with van der Waals surface area (Å²) in [6.45, 7) is -0.200. The zero-order chi connectivity index (χ0) is 21.6. The monoisotopic (exact) mass is 435 g/mol. The fourth-order valence-electron chi connectivity index (χ4n) is 2.93. The van der Waals surface area contributed by atoms with Gasteiger partial charge >= 0.3 is 0 Å². The van der Waals surface area contributed by atoms with Crippen molar-refractivity contribution in [1.29, 1.82) is 0 Å². The van der Waals surface area contributed by atoms with Crippen LogP contribution in [-0.4, -0.2) is 29.8 Å².